The Bertz CT molecular complexity index is 1160. The SMILES string of the molecule is CN1CCN(CC(=O)N(CCc2c[nH]c3ccccc23)Cc2ccc(C=CC(=O)NO)cc2)CC1. The van der Waals surface area contributed by atoms with Crippen LogP contribution < -0.4 is 5.48 Å². The first-order valence-electron chi connectivity index (χ1n) is 12.0. The van der Waals surface area contributed by atoms with E-state index in [4.69, 9.17) is 5.21 Å². The van der Waals surface area contributed by atoms with Gasteiger partial charge in [0.05, 0.1) is 6.54 Å². The van der Waals surface area contributed by atoms with Crippen LogP contribution >= 0.6 is 0 Å². The van der Waals surface area contributed by atoms with E-state index in [0.717, 1.165) is 49.2 Å². The number of amides is 2. The Labute approximate surface area is 205 Å². The van der Waals surface area contributed by atoms with Gasteiger partial charge in [0.2, 0.25) is 5.91 Å². The van der Waals surface area contributed by atoms with Crippen molar-refractivity contribution >= 4 is 28.8 Å². The van der Waals surface area contributed by atoms with Gasteiger partial charge in [-0.05, 0) is 42.3 Å². The minimum absolute atomic E-state index is 0.137. The fourth-order valence-electron chi connectivity index (χ4n) is 4.35. The van der Waals surface area contributed by atoms with Crippen LogP contribution in [-0.4, -0.2) is 83.0 Å². The number of likely N-dealkylation sites (N-methyl/N-ethyl adjacent to an activating group) is 1. The van der Waals surface area contributed by atoms with Gasteiger partial charge in [0.1, 0.15) is 0 Å². The third-order valence-corrected chi connectivity index (χ3v) is 6.52. The van der Waals surface area contributed by atoms with Crippen LogP contribution in [0.1, 0.15) is 16.7 Å². The summed E-state index contributed by atoms with van der Waals surface area (Å²) in [5, 5.41) is 9.82. The molecule has 0 bridgehead atoms. The van der Waals surface area contributed by atoms with Gasteiger partial charge in [0.25, 0.3) is 5.91 Å². The average Bonchev–Trinajstić information content (AvgIpc) is 3.30. The second kappa shape index (κ2) is 11.8. The number of hydrogen-bond donors (Lipinski definition) is 3. The van der Waals surface area contributed by atoms with Crippen LogP contribution in [0, 0.1) is 0 Å². The zero-order chi connectivity index (χ0) is 24.6. The van der Waals surface area contributed by atoms with Gasteiger partial charge in [-0.3, -0.25) is 19.7 Å². The molecule has 1 saturated heterocycles. The number of aromatic nitrogens is 1. The van der Waals surface area contributed by atoms with Crippen molar-refractivity contribution in [1.29, 1.82) is 0 Å². The number of H-pyrrole nitrogens is 1. The Morgan fingerprint density at radius 3 is 2.57 bits per heavy atom. The molecular formula is C27H33N5O3. The van der Waals surface area contributed by atoms with Crippen molar-refractivity contribution in [3.8, 4) is 0 Å². The Balaban J connectivity index is 1.45. The number of piperazine rings is 1. The first kappa shape index (κ1) is 24.7. The molecule has 0 spiro atoms. The zero-order valence-electron chi connectivity index (χ0n) is 20.1. The minimum Gasteiger partial charge on any atom is -0.361 e. The maximum Gasteiger partial charge on any atom is 0.267 e. The van der Waals surface area contributed by atoms with Gasteiger partial charge in [0.15, 0.2) is 0 Å². The van der Waals surface area contributed by atoms with E-state index in [1.54, 1.807) is 11.6 Å². The summed E-state index contributed by atoms with van der Waals surface area (Å²) in [5.74, 6) is -0.440. The molecule has 1 aromatic heterocycles. The lowest BCUT2D eigenvalue weighted by molar-refractivity contribution is -0.133. The number of fused-ring (bicyclic) bond motifs is 1. The summed E-state index contributed by atoms with van der Waals surface area (Å²) >= 11 is 0. The molecule has 1 fully saturated rings. The van der Waals surface area contributed by atoms with Crippen LogP contribution in [0.15, 0.2) is 60.8 Å². The zero-order valence-corrected chi connectivity index (χ0v) is 20.1. The summed E-state index contributed by atoms with van der Waals surface area (Å²) in [6, 6.07) is 16.0. The third-order valence-electron chi connectivity index (χ3n) is 6.52. The van der Waals surface area contributed by atoms with E-state index >= 15 is 0 Å². The highest BCUT2D eigenvalue weighted by Gasteiger charge is 2.21. The molecule has 0 aliphatic carbocycles. The van der Waals surface area contributed by atoms with Gasteiger partial charge in [-0.15, -0.1) is 0 Å². The molecule has 2 aromatic carbocycles. The van der Waals surface area contributed by atoms with Crippen molar-refractivity contribution in [2.24, 2.45) is 0 Å². The molecule has 3 N–H and O–H groups in total. The fraction of sp³-hybridized carbons (Fsp3) is 0.333. The summed E-state index contributed by atoms with van der Waals surface area (Å²) in [6.45, 7) is 5.35. The largest absolute Gasteiger partial charge is 0.361 e. The molecule has 0 saturated carbocycles. The molecule has 8 heteroatoms. The average molecular weight is 476 g/mol. The molecule has 184 valence electrons. The lowest BCUT2D eigenvalue weighted by atomic mass is 10.1. The lowest BCUT2D eigenvalue weighted by Crippen LogP contribution is -2.49. The number of hydrogen-bond acceptors (Lipinski definition) is 5. The van der Waals surface area contributed by atoms with Gasteiger partial charge >= 0.3 is 0 Å². The molecule has 2 amide bonds. The highest BCUT2D eigenvalue weighted by atomic mass is 16.5. The van der Waals surface area contributed by atoms with Crippen LogP contribution in [-0.2, 0) is 22.6 Å². The quantitative estimate of drug-likeness (QED) is 0.251. The van der Waals surface area contributed by atoms with E-state index < -0.39 is 5.91 Å². The smallest absolute Gasteiger partial charge is 0.267 e. The van der Waals surface area contributed by atoms with E-state index in [2.05, 4.69) is 34.0 Å². The Hall–Kier alpha value is -3.46. The molecule has 1 aliphatic rings. The van der Waals surface area contributed by atoms with Crippen molar-refractivity contribution in [1.82, 2.24) is 25.2 Å². The van der Waals surface area contributed by atoms with Crippen molar-refractivity contribution in [2.75, 3.05) is 46.3 Å². The molecule has 2 heterocycles. The Morgan fingerprint density at radius 1 is 1.09 bits per heavy atom. The monoisotopic (exact) mass is 475 g/mol. The molecule has 0 atom stereocenters. The van der Waals surface area contributed by atoms with Gasteiger partial charge in [-0.2, -0.15) is 0 Å². The van der Waals surface area contributed by atoms with Crippen LogP contribution in [0.3, 0.4) is 0 Å². The normalized spacial score (nSPS) is 15.0. The number of hydroxylamine groups is 1. The molecule has 1 aliphatic heterocycles. The molecule has 0 unspecified atom stereocenters. The van der Waals surface area contributed by atoms with E-state index in [-0.39, 0.29) is 5.91 Å². The maximum atomic E-state index is 13.4. The van der Waals surface area contributed by atoms with Gasteiger partial charge in [-0.25, -0.2) is 5.48 Å². The first-order valence-corrected chi connectivity index (χ1v) is 12.0. The summed E-state index contributed by atoms with van der Waals surface area (Å²) in [6.07, 6.45) is 5.71. The molecule has 8 nitrogen and oxygen atoms in total. The van der Waals surface area contributed by atoms with Gasteiger partial charge < -0.3 is 14.8 Å². The Morgan fingerprint density at radius 2 is 1.83 bits per heavy atom. The highest BCUT2D eigenvalue weighted by molar-refractivity contribution is 5.90. The van der Waals surface area contributed by atoms with Crippen LogP contribution in [0.2, 0.25) is 0 Å². The Kier molecular flexibility index (Phi) is 8.31. The number of carbonyl (C=O) groups excluding carboxylic acids is 2. The number of nitrogens with zero attached hydrogens (tertiary/aromatic N) is 3. The minimum atomic E-state index is -0.577. The van der Waals surface area contributed by atoms with E-state index in [9.17, 15) is 9.59 Å². The summed E-state index contributed by atoms with van der Waals surface area (Å²) in [4.78, 5) is 34.4. The standard InChI is InChI=1S/C27H33N5O3/c1-30-14-16-31(17-15-30)20-27(34)32(13-12-23-18-28-25-5-3-2-4-24(23)25)19-22-8-6-21(7-9-22)10-11-26(33)29-35/h2-11,18,28,35H,12-17,19-20H2,1H3,(H,29,33). The summed E-state index contributed by atoms with van der Waals surface area (Å²) in [5.41, 5.74) is 5.76. The van der Waals surface area contributed by atoms with Crippen molar-refractivity contribution in [2.45, 2.75) is 13.0 Å². The number of para-hydroxylation sites is 1. The number of nitrogens with one attached hydrogen (secondary N) is 2. The van der Waals surface area contributed by atoms with Crippen molar-refractivity contribution < 1.29 is 14.8 Å². The van der Waals surface area contributed by atoms with E-state index in [0.29, 0.717) is 19.6 Å². The second-order valence-electron chi connectivity index (χ2n) is 9.06. The van der Waals surface area contributed by atoms with Crippen molar-refractivity contribution in [3.63, 3.8) is 0 Å². The van der Waals surface area contributed by atoms with E-state index in [1.807, 2.05) is 47.5 Å². The van der Waals surface area contributed by atoms with Crippen LogP contribution in [0.4, 0.5) is 0 Å². The van der Waals surface area contributed by atoms with Crippen LogP contribution in [0.5, 0.6) is 0 Å². The molecule has 3 aromatic rings. The molecule has 35 heavy (non-hydrogen) atoms. The van der Waals surface area contributed by atoms with Gasteiger partial charge in [0, 0.05) is 62.4 Å². The molecular weight excluding hydrogens is 442 g/mol. The van der Waals surface area contributed by atoms with Crippen LogP contribution in [0.25, 0.3) is 17.0 Å². The number of rotatable bonds is 9. The first-order chi connectivity index (χ1) is 17.0. The highest BCUT2D eigenvalue weighted by Crippen LogP contribution is 2.19. The predicted molar refractivity (Wildman–Crippen MR) is 137 cm³/mol. The second-order valence-corrected chi connectivity index (χ2v) is 9.06. The summed E-state index contributed by atoms with van der Waals surface area (Å²) < 4.78 is 0. The fourth-order valence-corrected chi connectivity index (χ4v) is 4.35. The van der Waals surface area contributed by atoms with E-state index in [1.165, 1.54) is 17.0 Å². The van der Waals surface area contributed by atoms with Crippen molar-refractivity contribution in [3.05, 3.63) is 77.5 Å². The summed E-state index contributed by atoms with van der Waals surface area (Å²) in [7, 11) is 2.11. The maximum absolute atomic E-state index is 13.4. The van der Waals surface area contributed by atoms with Gasteiger partial charge in [-0.1, -0.05) is 42.5 Å². The number of aromatic amines is 1. The lowest BCUT2D eigenvalue weighted by Gasteiger charge is -2.33. The number of carbonyl (C=O) groups is 2. The predicted octanol–water partition coefficient (Wildman–Crippen LogP) is 2.51. The number of benzene rings is 2. The topological polar surface area (TPSA) is 91.9 Å². The molecule has 4 rings (SSSR count). The third kappa shape index (κ3) is 6.79. The molecule has 0 radical (unpaired) electrons.